The van der Waals surface area contributed by atoms with Crippen molar-refractivity contribution in [3.05, 3.63) is 88.2 Å². The van der Waals surface area contributed by atoms with Gasteiger partial charge in [0.25, 0.3) is 0 Å². The van der Waals surface area contributed by atoms with Gasteiger partial charge in [-0.1, -0.05) is 52.3 Å². The first-order chi connectivity index (χ1) is 23.3. The van der Waals surface area contributed by atoms with Crippen molar-refractivity contribution in [1.29, 1.82) is 0 Å². The SMILES string of the molecule is Cc1ccn(-c2cc(Br)ccc2[C@@H](Oc2cc(N3CCC4(CC3)C[C@@H](C(=O)O)N(C(=O)OCc3ccccc3)C4)nc(N)n2)C(F)(F)F)n1. The fourth-order valence-corrected chi connectivity index (χ4v) is 6.76. The topological polar surface area (TPSA) is 149 Å². The van der Waals surface area contributed by atoms with Gasteiger partial charge in [0.2, 0.25) is 17.9 Å². The first kappa shape index (κ1) is 34.0. The minimum Gasteiger partial charge on any atom is -0.480 e. The number of amides is 1. The average molecular weight is 745 g/mol. The maximum Gasteiger partial charge on any atom is 0.429 e. The van der Waals surface area contributed by atoms with Crippen LogP contribution in [-0.2, 0) is 16.1 Å². The standard InChI is InChI=1S/C33H33BrF3N7O5/c1-20-9-12-44(41-20)24-15-22(34)7-8-23(24)28(33(35,36)37)49-27-16-26(39-30(38)40-27)42-13-10-32(11-14-42)17-25(29(45)46)43(19-32)31(47)48-18-21-5-3-2-4-6-21/h2-9,12,15-16,25,28H,10-11,13-14,17-19H2,1H3,(H,45,46)(H2,38,39,40)/t25-,28+/m0/s1. The van der Waals surface area contributed by atoms with E-state index in [1.165, 1.54) is 33.8 Å². The van der Waals surface area contributed by atoms with E-state index in [0.29, 0.717) is 36.1 Å². The van der Waals surface area contributed by atoms with E-state index in [1.807, 2.05) is 35.2 Å². The summed E-state index contributed by atoms with van der Waals surface area (Å²) in [5.74, 6) is -1.48. The summed E-state index contributed by atoms with van der Waals surface area (Å²) in [6.07, 6.45) is -5.14. The number of hydrogen-bond donors (Lipinski definition) is 2. The summed E-state index contributed by atoms with van der Waals surface area (Å²) in [7, 11) is 0. The summed E-state index contributed by atoms with van der Waals surface area (Å²) in [6, 6.07) is 15.4. The fourth-order valence-electron chi connectivity index (χ4n) is 6.41. The second-order valence-corrected chi connectivity index (χ2v) is 13.2. The Bertz CT molecular complexity index is 1830. The maximum atomic E-state index is 14.6. The number of carboxylic acid groups (broad SMARTS) is 1. The number of halogens is 4. The number of nitrogens with two attached hydrogens (primary N) is 1. The van der Waals surface area contributed by atoms with Crippen LogP contribution in [0.2, 0.25) is 0 Å². The van der Waals surface area contributed by atoms with Gasteiger partial charge in [-0.05, 0) is 55.4 Å². The highest BCUT2D eigenvalue weighted by Gasteiger charge is 2.51. The predicted molar refractivity (Wildman–Crippen MR) is 175 cm³/mol. The fraction of sp³-hybridized carbons (Fsp3) is 0.364. The van der Waals surface area contributed by atoms with Crippen LogP contribution in [0.5, 0.6) is 5.88 Å². The van der Waals surface area contributed by atoms with E-state index in [1.54, 1.807) is 19.2 Å². The molecule has 0 saturated carbocycles. The second kappa shape index (κ2) is 13.6. The highest BCUT2D eigenvalue weighted by atomic mass is 79.9. The Morgan fingerprint density at radius 2 is 1.84 bits per heavy atom. The Balaban J connectivity index is 1.18. The zero-order valence-electron chi connectivity index (χ0n) is 26.3. The number of alkyl halides is 3. The molecule has 49 heavy (non-hydrogen) atoms. The zero-order valence-corrected chi connectivity index (χ0v) is 27.9. The van der Waals surface area contributed by atoms with Crippen LogP contribution >= 0.6 is 15.9 Å². The van der Waals surface area contributed by atoms with Crippen molar-refractivity contribution >= 4 is 39.8 Å². The molecule has 1 spiro atoms. The van der Waals surface area contributed by atoms with Crippen molar-refractivity contribution in [1.82, 2.24) is 24.6 Å². The molecule has 12 nitrogen and oxygen atoms in total. The van der Waals surface area contributed by atoms with Gasteiger partial charge in [0.1, 0.15) is 18.5 Å². The number of aromatic nitrogens is 4. The zero-order chi connectivity index (χ0) is 34.9. The molecule has 1 amide bonds. The van der Waals surface area contributed by atoms with Crippen LogP contribution in [0, 0.1) is 12.3 Å². The number of nitrogen functional groups attached to an aromatic ring is 1. The first-order valence-corrected chi connectivity index (χ1v) is 16.2. The van der Waals surface area contributed by atoms with Gasteiger partial charge < -0.3 is 25.2 Å². The van der Waals surface area contributed by atoms with Crippen LogP contribution in [0.15, 0.2) is 71.3 Å². The monoisotopic (exact) mass is 743 g/mol. The summed E-state index contributed by atoms with van der Waals surface area (Å²) < 4.78 is 56.7. The molecule has 4 heterocycles. The number of carboxylic acids is 1. The Hall–Kier alpha value is -4.86. The molecule has 16 heteroatoms. The molecule has 0 aliphatic carbocycles. The van der Waals surface area contributed by atoms with E-state index in [0.717, 1.165) is 5.56 Å². The summed E-state index contributed by atoms with van der Waals surface area (Å²) in [6.45, 7) is 2.71. The van der Waals surface area contributed by atoms with Gasteiger partial charge in [0, 0.05) is 41.9 Å². The van der Waals surface area contributed by atoms with Crippen molar-refractivity contribution in [3.63, 3.8) is 0 Å². The van der Waals surface area contributed by atoms with Crippen LogP contribution in [0.3, 0.4) is 0 Å². The van der Waals surface area contributed by atoms with Crippen molar-refractivity contribution < 1.29 is 37.3 Å². The summed E-state index contributed by atoms with van der Waals surface area (Å²) in [5.41, 5.74) is 6.87. The number of rotatable bonds is 8. The molecular weight excluding hydrogens is 711 g/mol. The number of likely N-dealkylation sites (tertiary alicyclic amines) is 1. The minimum absolute atomic E-state index is 0.0179. The van der Waals surface area contributed by atoms with E-state index in [-0.39, 0.29) is 48.5 Å². The van der Waals surface area contributed by atoms with E-state index in [4.69, 9.17) is 15.2 Å². The number of benzene rings is 2. The lowest BCUT2D eigenvalue weighted by atomic mass is 9.76. The number of ether oxygens (including phenoxy) is 2. The first-order valence-electron chi connectivity index (χ1n) is 15.5. The Morgan fingerprint density at radius 3 is 2.49 bits per heavy atom. The van der Waals surface area contributed by atoms with Crippen LogP contribution < -0.4 is 15.4 Å². The molecule has 3 N–H and O–H groups in total. The van der Waals surface area contributed by atoms with Crippen molar-refractivity contribution in [2.45, 2.75) is 51.1 Å². The third-order valence-corrected chi connectivity index (χ3v) is 9.36. The van der Waals surface area contributed by atoms with Crippen molar-refractivity contribution in [2.24, 2.45) is 5.41 Å². The van der Waals surface area contributed by atoms with Gasteiger partial charge in [-0.3, -0.25) is 4.90 Å². The Morgan fingerprint density at radius 1 is 1.10 bits per heavy atom. The van der Waals surface area contributed by atoms with Gasteiger partial charge in [0.05, 0.1) is 11.4 Å². The Labute approximate surface area is 287 Å². The van der Waals surface area contributed by atoms with Crippen LogP contribution in [0.1, 0.15) is 42.2 Å². The van der Waals surface area contributed by atoms with E-state index in [2.05, 4.69) is 31.0 Å². The van der Waals surface area contributed by atoms with Crippen molar-refractivity contribution in [2.75, 3.05) is 30.3 Å². The van der Waals surface area contributed by atoms with E-state index in [9.17, 15) is 27.9 Å². The van der Waals surface area contributed by atoms with Crippen molar-refractivity contribution in [3.8, 4) is 11.6 Å². The highest BCUT2D eigenvalue weighted by molar-refractivity contribution is 9.10. The summed E-state index contributed by atoms with van der Waals surface area (Å²) in [4.78, 5) is 36.5. The lowest BCUT2D eigenvalue weighted by Gasteiger charge is -2.39. The summed E-state index contributed by atoms with van der Waals surface area (Å²) >= 11 is 3.33. The molecule has 2 aromatic carbocycles. The number of carbonyl (C=O) groups is 2. The molecule has 258 valence electrons. The number of carbonyl (C=O) groups excluding carboxylic acids is 1. The van der Waals surface area contributed by atoms with Gasteiger partial charge in [-0.15, -0.1) is 0 Å². The van der Waals surface area contributed by atoms with Crippen LogP contribution in [-0.4, -0.2) is 73.7 Å². The quantitative estimate of drug-likeness (QED) is 0.218. The third kappa shape index (κ3) is 7.58. The molecule has 0 unspecified atom stereocenters. The second-order valence-electron chi connectivity index (χ2n) is 12.3. The molecule has 2 aliphatic rings. The number of piperidine rings is 1. The van der Waals surface area contributed by atoms with E-state index >= 15 is 0 Å². The largest absolute Gasteiger partial charge is 0.480 e. The highest BCUT2D eigenvalue weighted by Crippen LogP contribution is 2.45. The molecule has 2 fully saturated rings. The lowest BCUT2D eigenvalue weighted by Crippen LogP contribution is -2.43. The lowest BCUT2D eigenvalue weighted by molar-refractivity contribution is -0.198. The number of anilines is 2. The molecular formula is C33H33BrF3N7O5. The summed E-state index contributed by atoms with van der Waals surface area (Å²) in [5, 5.41) is 14.2. The smallest absolute Gasteiger partial charge is 0.429 e. The van der Waals surface area contributed by atoms with Gasteiger partial charge in [-0.25, -0.2) is 14.3 Å². The van der Waals surface area contributed by atoms with Gasteiger partial charge in [-0.2, -0.15) is 28.2 Å². The average Bonchev–Trinajstić information content (AvgIpc) is 3.67. The van der Waals surface area contributed by atoms with Crippen LogP contribution in [0.25, 0.3) is 5.69 Å². The molecule has 4 aromatic rings. The molecule has 2 aromatic heterocycles. The number of aliphatic carboxylic acids is 1. The molecule has 6 rings (SSSR count). The van der Waals surface area contributed by atoms with Crippen LogP contribution in [0.4, 0.5) is 29.7 Å². The molecule has 0 bridgehead atoms. The predicted octanol–water partition coefficient (Wildman–Crippen LogP) is 6.08. The van der Waals surface area contributed by atoms with E-state index < -0.39 is 35.8 Å². The number of hydrogen-bond acceptors (Lipinski definition) is 9. The number of nitrogens with zero attached hydrogens (tertiary/aromatic N) is 6. The van der Waals surface area contributed by atoms with Gasteiger partial charge >= 0.3 is 18.2 Å². The Kier molecular flexibility index (Phi) is 9.42. The molecule has 2 atom stereocenters. The minimum atomic E-state index is -4.83. The maximum absolute atomic E-state index is 14.6. The number of aryl methyl sites for hydroxylation is 1. The normalized spacial score (nSPS) is 18.0. The molecule has 2 aliphatic heterocycles. The molecule has 0 radical (unpaired) electrons. The third-order valence-electron chi connectivity index (χ3n) is 8.87. The van der Waals surface area contributed by atoms with Gasteiger partial charge in [0.15, 0.2) is 0 Å². The molecule has 2 saturated heterocycles.